The molecule has 0 saturated carbocycles. The van der Waals surface area contributed by atoms with Gasteiger partial charge in [0.25, 0.3) is 23.1 Å². The van der Waals surface area contributed by atoms with Crippen molar-refractivity contribution in [3.8, 4) is 0 Å². The molecule has 0 aliphatic carbocycles. The lowest BCUT2D eigenvalue weighted by molar-refractivity contribution is -0.406. The maximum Gasteiger partial charge on any atom is 0.364 e. The lowest BCUT2D eigenvalue weighted by atomic mass is 9.87. The monoisotopic (exact) mass is 1900 g/mol. The summed E-state index contributed by atoms with van der Waals surface area (Å²) in [6.45, 7) is -12.3. The standard InChI is InChI=1S/C70H113N5O55/c1-18(85)71-35-21(88)4-67(63(108)109,125-53(35)40(97)25(92)8-76)116-17-32-45(102)52(123-61-48(105)57(43(100)28(11-79)118-61)129-69(65(112)113)6-23(90)37(74-33(95)15-83)55(127-69)42(99)27(94)10-78)39(73-20(3)87)60(120-32)122-51-31(14-82)119-62(121-50-30(13-81)117-59(107)47(104)46(50)103)49(106)58(51)130-70(66(114)115)7-24(91)38(75-34(96)16-84)56(128-70)44(101)29(12-80)124-68(64(110)111)5-22(89)36(72-19(2)86)54(126-68)41(98)26(93)9-77/h21-32,35-62,76-84,88-94,97-107H,4-17H2,1-3H3,(H,71,85)(H,72,86)(H,73,87)(H,74,95)(H,75,96)(H,108,109)(H,110,111)(H,112,113)(H,114,115)/t21-,22-,23-,24-,25+,26+,27+,28+,29+,30+,31+,32+,35+,36+,37+,38+,39+,40+,41+,42+,43-,44+,45-,46+,47+,48+,49+,50+,51-,52+,53+,54+,55+,56+,57-,58+,59+,60-,61-,62-,67+,68+,69-,70-/m0/s1. The SMILES string of the molecule is CC(=O)N[C@H]1[C@H](O[C@@H]2[C@H](O[C@]3(C(=O)O)C[C@H](O)[C@@H](NC(=O)CO)[C@H]([C@H](O)[C@@H](CO)O[C@]4(C(=O)O)C[C@H](O)[C@@H](NC(C)=O)[C@H]([C@H](O)[C@H](O)CO)O4)O3)[C@@H](O)[C@H](O[C@H]3[C@H](O)[C@@H](O)[C@H](O)O[C@@H]3CO)O[C@@H]2CO)O[C@H](CO[C@]2(C(=O)O)C[C@H](O)[C@@H](NC(C)=O)[C@H]([C@H](O)[C@H](O)CO)O2)[C@H](O)[C@@H]1O[C@@H]1O[C@H](CO)[C@H](O)[C@H](O[C@]2(C(=O)O)C[C@H](O)[C@@H](NC(=O)CO)[C@H]([C@H](O)[C@H](O)CO)O2)[C@H]1O. The largest absolute Gasteiger partial charge is 0.477 e. The van der Waals surface area contributed by atoms with Crippen molar-refractivity contribution in [1.82, 2.24) is 26.6 Å². The third-order valence-corrected chi connectivity index (χ3v) is 22.8. The van der Waals surface area contributed by atoms with Gasteiger partial charge in [-0.1, -0.05) is 0 Å². The highest BCUT2D eigenvalue weighted by molar-refractivity contribution is 5.80. The molecular weight excluding hydrogens is 1790 g/mol. The first-order valence-electron chi connectivity index (χ1n) is 40.0. The van der Waals surface area contributed by atoms with Gasteiger partial charge < -0.3 is 256 Å². The van der Waals surface area contributed by atoms with E-state index in [9.17, 15) is 201 Å². The van der Waals surface area contributed by atoms with Crippen LogP contribution in [0.1, 0.15) is 46.5 Å². The average molecular weight is 1900 g/mol. The van der Waals surface area contributed by atoms with E-state index in [0.717, 1.165) is 13.8 Å². The minimum absolute atomic E-state index is 0.682. The summed E-state index contributed by atoms with van der Waals surface area (Å²) in [7, 11) is 0. The highest BCUT2D eigenvalue weighted by Crippen LogP contribution is 2.45. The summed E-state index contributed by atoms with van der Waals surface area (Å²) in [6, 6.07) is -10.9. The summed E-state index contributed by atoms with van der Waals surface area (Å²) in [5.74, 6) is -30.4. The van der Waals surface area contributed by atoms with Crippen LogP contribution in [-0.4, -0.2) is 546 Å². The van der Waals surface area contributed by atoms with Crippen LogP contribution in [0.4, 0.5) is 0 Å². The molecule has 60 heteroatoms. The zero-order valence-electron chi connectivity index (χ0n) is 68.7. The van der Waals surface area contributed by atoms with Gasteiger partial charge in [0.15, 0.2) is 25.2 Å². The van der Waals surface area contributed by atoms with Gasteiger partial charge >= 0.3 is 23.9 Å². The molecule has 36 N–H and O–H groups in total. The van der Waals surface area contributed by atoms with Gasteiger partial charge in [-0.25, -0.2) is 19.2 Å². The molecule has 0 spiro atoms. The Morgan fingerprint density at radius 1 is 0.346 bits per heavy atom. The van der Waals surface area contributed by atoms with Crippen LogP contribution in [0, 0.1) is 0 Å². The first-order valence-corrected chi connectivity index (χ1v) is 40.0. The fourth-order valence-electron chi connectivity index (χ4n) is 16.2. The van der Waals surface area contributed by atoms with Gasteiger partial charge in [0, 0.05) is 46.5 Å². The predicted molar refractivity (Wildman–Crippen MR) is 394 cm³/mol. The topological polar surface area (TPSA) is 979 Å². The molecule has 748 valence electrons. The number of carbonyl (C=O) groups excluding carboxylic acids is 5. The number of hydrogen-bond acceptors (Lipinski definition) is 51. The summed E-state index contributed by atoms with van der Waals surface area (Å²) in [5.41, 5.74) is 0. The van der Waals surface area contributed by atoms with Gasteiger partial charge in [-0.3, -0.25) is 24.0 Å². The molecule has 0 aromatic rings. The molecule has 130 heavy (non-hydrogen) atoms. The second-order valence-corrected chi connectivity index (χ2v) is 31.8. The normalized spacial score (nSPS) is 42.0. The van der Waals surface area contributed by atoms with E-state index in [0.29, 0.717) is 6.92 Å². The number of carboxylic acid groups (broad SMARTS) is 4. The molecular formula is C70H113N5O55. The number of carbonyl (C=O) groups is 9. The lowest BCUT2D eigenvalue weighted by Gasteiger charge is -2.53. The number of carboxylic acids is 4. The average Bonchev–Trinajstić information content (AvgIpc) is 0.742. The Morgan fingerprint density at radius 2 is 0.685 bits per heavy atom. The van der Waals surface area contributed by atoms with E-state index in [1.54, 1.807) is 0 Å². The summed E-state index contributed by atoms with van der Waals surface area (Å²) in [6.07, 6.45) is -96.0. The van der Waals surface area contributed by atoms with Crippen LogP contribution < -0.4 is 26.6 Å². The molecule has 60 nitrogen and oxygen atoms in total. The van der Waals surface area contributed by atoms with Gasteiger partial charge in [0.1, 0.15) is 184 Å². The van der Waals surface area contributed by atoms with Crippen LogP contribution in [0.25, 0.3) is 0 Å². The van der Waals surface area contributed by atoms with Gasteiger partial charge in [-0.05, 0) is 0 Å². The fourth-order valence-corrected chi connectivity index (χ4v) is 16.2. The Morgan fingerprint density at radius 3 is 1.09 bits per heavy atom. The number of aliphatic hydroxyl groups is 27. The summed E-state index contributed by atoms with van der Waals surface area (Å²) in [4.78, 5) is 120. The first kappa shape index (κ1) is 109. The van der Waals surface area contributed by atoms with Gasteiger partial charge in [-0.15, -0.1) is 0 Å². The quantitative estimate of drug-likeness (QED) is 0.0270. The first-order chi connectivity index (χ1) is 60.9. The number of nitrogens with one attached hydrogen (secondary N) is 5. The molecule has 8 aliphatic heterocycles. The van der Waals surface area contributed by atoms with Crippen LogP contribution >= 0.6 is 0 Å². The molecule has 8 aliphatic rings. The molecule has 0 aromatic carbocycles. The van der Waals surface area contributed by atoms with Crippen LogP contribution in [0.3, 0.4) is 0 Å². The lowest BCUT2D eigenvalue weighted by Crippen LogP contribution is -2.73. The van der Waals surface area contributed by atoms with Crippen molar-refractivity contribution in [2.45, 2.75) is 314 Å². The molecule has 44 atom stereocenters. The van der Waals surface area contributed by atoms with E-state index in [-0.39, 0.29) is 0 Å². The van der Waals surface area contributed by atoms with Crippen LogP contribution in [0.2, 0.25) is 0 Å². The van der Waals surface area contributed by atoms with Crippen LogP contribution in [0.15, 0.2) is 0 Å². The van der Waals surface area contributed by atoms with Crippen molar-refractivity contribution in [2.75, 3.05) is 66.1 Å². The molecule has 8 saturated heterocycles. The molecule has 8 heterocycles. The number of aliphatic carboxylic acids is 4. The van der Waals surface area contributed by atoms with E-state index in [1.165, 1.54) is 0 Å². The van der Waals surface area contributed by atoms with Gasteiger partial charge in [-0.2, -0.15) is 0 Å². The Kier molecular flexibility index (Phi) is 38.5. The third kappa shape index (κ3) is 23.8. The zero-order valence-corrected chi connectivity index (χ0v) is 68.7. The van der Waals surface area contributed by atoms with E-state index >= 15 is 0 Å². The zero-order chi connectivity index (χ0) is 97.3. The van der Waals surface area contributed by atoms with E-state index < -0.39 is 413 Å². The van der Waals surface area contributed by atoms with Gasteiger partial charge in [0.2, 0.25) is 29.5 Å². The third-order valence-electron chi connectivity index (χ3n) is 22.8. The van der Waals surface area contributed by atoms with Crippen molar-refractivity contribution in [3.63, 3.8) is 0 Å². The summed E-state index contributed by atoms with van der Waals surface area (Å²) in [5, 5.41) is 356. The Bertz CT molecular complexity index is 3760. The molecule has 8 rings (SSSR count). The number of ether oxygens (including phenoxy) is 15. The predicted octanol–water partition coefficient (Wildman–Crippen LogP) is -23.0. The van der Waals surface area contributed by atoms with Crippen molar-refractivity contribution in [2.24, 2.45) is 0 Å². The maximum atomic E-state index is 14.5. The number of rotatable bonds is 41. The maximum absolute atomic E-state index is 14.5. The summed E-state index contributed by atoms with van der Waals surface area (Å²) >= 11 is 0. The molecule has 8 fully saturated rings. The number of aliphatic hydroxyl groups excluding tert-OH is 27. The molecule has 0 unspecified atom stereocenters. The second kappa shape index (κ2) is 45.9. The molecule has 5 amide bonds. The Balaban J connectivity index is 1.31. The molecule has 0 radical (unpaired) electrons. The minimum atomic E-state index is -4.00. The van der Waals surface area contributed by atoms with Crippen LogP contribution in [0.5, 0.6) is 0 Å². The van der Waals surface area contributed by atoms with Crippen LogP contribution in [-0.2, 0) is 114 Å². The van der Waals surface area contributed by atoms with E-state index in [4.69, 9.17) is 71.1 Å². The van der Waals surface area contributed by atoms with Crippen molar-refractivity contribution >= 4 is 53.4 Å². The highest BCUT2D eigenvalue weighted by atomic mass is 16.8. The smallest absolute Gasteiger partial charge is 0.364 e. The fraction of sp³-hybridized carbons (Fsp3) is 0.871. The summed E-state index contributed by atoms with van der Waals surface area (Å²) < 4.78 is 88.2. The number of hydrogen-bond donors (Lipinski definition) is 36. The highest BCUT2D eigenvalue weighted by Gasteiger charge is 2.67. The van der Waals surface area contributed by atoms with E-state index in [2.05, 4.69) is 16.0 Å². The second-order valence-electron chi connectivity index (χ2n) is 31.8. The molecule has 0 bridgehead atoms. The van der Waals surface area contributed by atoms with Gasteiger partial charge in [0.05, 0.1) is 101 Å². The molecule has 0 aromatic heterocycles. The van der Waals surface area contributed by atoms with Crippen molar-refractivity contribution in [3.05, 3.63) is 0 Å². The van der Waals surface area contributed by atoms with E-state index in [1.807, 2.05) is 10.6 Å². The Hall–Kier alpha value is -6.45. The van der Waals surface area contributed by atoms with Crippen molar-refractivity contribution in [1.29, 1.82) is 0 Å². The minimum Gasteiger partial charge on any atom is -0.477 e. The number of amides is 5. The Labute approximate surface area is 730 Å². The van der Waals surface area contributed by atoms with Crippen molar-refractivity contribution < 1.29 is 273 Å².